The molecule has 6 heteroatoms. The molecule has 2 aliphatic heterocycles. The molecule has 0 fully saturated rings. The van der Waals surface area contributed by atoms with Gasteiger partial charge in [-0.05, 0) is 55.7 Å². The number of anilines is 1. The van der Waals surface area contributed by atoms with E-state index in [1.807, 2.05) is 48.5 Å². The van der Waals surface area contributed by atoms with Crippen LogP contribution in [0.2, 0.25) is 5.02 Å². The van der Waals surface area contributed by atoms with E-state index in [1.54, 1.807) is 0 Å². The highest BCUT2D eigenvalue weighted by Crippen LogP contribution is 2.36. The molecule has 2 heterocycles. The molecule has 0 aliphatic carbocycles. The van der Waals surface area contributed by atoms with E-state index in [-0.39, 0.29) is 17.0 Å². The molecule has 0 spiro atoms. The van der Waals surface area contributed by atoms with Gasteiger partial charge < -0.3 is 22.1 Å². The van der Waals surface area contributed by atoms with E-state index >= 15 is 0 Å². The molecule has 1 unspecified atom stereocenters. The van der Waals surface area contributed by atoms with Gasteiger partial charge in [0.1, 0.15) is 5.69 Å². The van der Waals surface area contributed by atoms with Gasteiger partial charge in [0, 0.05) is 21.5 Å². The Morgan fingerprint density at radius 3 is 2.38 bits per heavy atom. The number of nitrogens with zero attached hydrogens (tertiary/aromatic N) is 2. The third kappa shape index (κ3) is 3.59. The number of β-amino-alcohol motifs (C(OH)–C–C–N with tert-alkyl or cyclic N) is 1. The Labute approximate surface area is 178 Å². The summed E-state index contributed by atoms with van der Waals surface area (Å²) in [7, 11) is 0. The van der Waals surface area contributed by atoms with Gasteiger partial charge in [-0.1, -0.05) is 39.7 Å². The van der Waals surface area contributed by atoms with Crippen LogP contribution in [0.3, 0.4) is 0 Å². The summed E-state index contributed by atoms with van der Waals surface area (Å²) < 4.78 is 3.23. The van der Waals surface area contributed by atoms with E-state index in [0.29, 0.717) is 6.54 Å². The van der Waals surface area contributed by atoms with E-state index in [4.69, 9.17) is 11.6 Å². The van der Waals surface area contributed by atoms with Crippen molar-refractivity contribution in [1.82, 2.24) is 0 Å². The lowest BCUT2D eigenvalue weighted by atomic mass is 10.0. The number of amidine groups is 1. The molecule has 2 aromatic carbocycles. The Kier molecular flexibility index (Phi) is 6.12. The molecule has 2 aliphatic rings. The molecule has 0 saturated heterocycles. The molecule has 1 N–H and O–H groups in total. The zero-order chi connectivity index (χ0) is 17.4. The van der Waals surface area contributed by atoms with Crippen LogP contribution in [0, 0.1) is 0 Å². The number of aliphatic hydroxyl groups is 1. The van der Waals surface area contributed by atoms with Gasteiger partial charge in [-0.15, -0.1) is 0 Å². The van der Waals surface area contributed by atoms with Gasteiger partial charge in [0.2, 0.25) is 0 Å². The fraction of sp³-hybridized carbons (Fsp3) is 0.350. The Morgan fingerprint density at radius 1 is 1.00 bits per heavy atom. The maximum Gasteiger partial charge on any atom is 0.271 e. The quantitative estimate of drug-likeness (QED) is 0.637. The van der Waals surface area contributed by atoms with E-state index in [2.05, 4.69) is 25.4 Å². The summed E-state index contributed by atoms with van der Waals surface area (Å²) in [6, 6.07) is 15.9. The molecule has 0 aromatic heterocycles. The largest absolute Gasteiger partial charge is 1.00 e. The van der Waals surface area contributed by atoms with Crippen LogP contribution < -0.4 is 21.9 Å². The summed E-state index contributed by atoms with van der Waals surface area (Å²) in [5, 5.41) is 12.4. The Balaban J connectivity index is 0.00000196. The average molecular weight is 501 g/mol. The fourth-order valence-corrected chi connectivity index (χ4v) is 4.29. The number of hydrogen-bond acceptors (Lipinski definition) is 2. The van der Waals surface area contributed by atoms with Gasteiger partial charge in [0.15, 0.2) is 6.54 Å². The number of hydrogen-bond donors (Lipinski definition) is 1. The van der Waals surface area contributed by atoms with Crippen LogP contribution in [0.1, 0.15) is 31.2 Å². The minimum atomic E-state index is -1.000. The van der Waals surface area contributed by atoms with E-state index in [1.165, 1.54) is 12.3 Å². The highest BCUT2D eigenvalue weighted by molar-refractivity contribution is 9.10. The second-order valence-electron chi connectivity index (χ2n) is 6.76. The molecule has 138 valence electrons. The second kappa shape index (κ2) is 8.01. The first-order valence-corrected chi connectivity index (χ1v) is 9.90. The van der Waals surface area contributed by atoms with E-state index < -0.39 is 5.72 Å². The summed E-state index contributed by atoms with van der Waals surface area (Å²) >= 11 is 9.54. The van der Waals surface area contributed by atoms with Gasteiger partial charge in [-0.2, -0.15) is 0 Å². The van der Waals surface area contributed by atoms with Crippen molar-refractivity contribution in [2.75, 3.05) is 18.0 Å². The average Bonchev–Trinajstić information content (AvgIpc) is 2.78. The van der Waals surface area contributed by atoms with Gasteiger partial charge in [0.05, 0.1) is 6.54 Å². The summed E-state index contributed by atoms with van der Waals surface area (Å²) in [5.74, 6) is 1.21. The highest BCUT2D eigenvalue weighted by Gasteiger charge is 2.51. The van der Waals surface area contributed by atoms with Gasteiger partial charge in [-0.3, -0.25) is 0 Å². The lowest BCUT2D eigenvalue weighted by Crippen LogP contribution is -3.00. The predicted octanol–water partition coefficient (Wildman–Crippen LogP) is 1.76. The molecule has 0 bridgehead atoms. The normalized spacial score (nSPS) is 22.7. The zero-order valence-corrected chi connectivity index (χ0v) is 18.3. The first-order valence-electron chi connectivity index (χ1n) is 8.73. The molecular formula is C20H21Br2ClN2O. The minimum Gasteiger partial charge on any atom is -1.00 e. The van der Waals surface area contributed by atoms with E-state index in [0.717, 1.165) is 46.6 Å². The van der Waals surface area contributed by atoms with Crippen molar-refractivity contribution in [1.29, 1.82) is 0 Å². The van der Waals surface area contributed by atoms with Gasteiger partial charge in [-0.25, -0.2) is 9.48 Å². The first-order chi connectivity index (χ1) is 12.1. The van der Waals surface area contributed by atoms with Crippen molar-refractivity contribution in [2.45, 2.75) is 31.4 Å². The topological polar surface area (TPSA) is 26.5 Å². The van der Waals surface area contributed by atoms with Crippen LogP contribution in [0.25, 0.3) is 0 Å². The molecule has 26 heavy (non-hydrogen) atoms. The van der Waals surface area contributed by atoms with Crippen molar-refractivity contribution in [3.8, 4) is 0 Å². The van der Waals surface area contributed by atoms with Crippen LogP contribution in [0.15, 0.2) is 53.0 Å². The zero-order valence-electron chi connectivity index (χ0n) is 14.3. The lowest BCUT2D eigenvalue weighted by molar-refractivity contribution is -0.658. The van der Waals surface area contributed by atoms with Crippen molar-refractivity contribution in [3.63, 3.8) is 0 Å². The van der Waals surface area contributed by atoms with Crippen LogP contribution in [0.4, 0.5) is 5.69 Å². The van der Waals surface area contributed by atoms with Crippen LogP contribution in [-0.2, 0) is 5.72 Å². The van der Waals surface area contributed by atoms with Crippen LogP contribution in [0.5, 0.6) is 0 Å². The predicted molar refractivity (Wildman–Crippen MR) is 105 cm³/mol. The van der Waals surface area contributed by atoms with Crippen LogP contribution >= 0.6 is 27.5 Å². The summed E-state index contributed by atoms with van der Waals surface area (Å²) in [4.78, 5) is 2.25. The molecule has 0 saturated carbocycles. The minimum absolute atomic E-state index is 0. The molecule has 0 radical (unpaired) electrons. The van der Waals surface area contributed by atoms with Crippen molar-refractivity contribution < 1.29 is 26.7 Å². The number of benzene rings is 2. The monoisotopic (exact) mass is 498 g/mol. The SMILES string of the molecule is OC1(c2ccc(Br)cc2)CN(c2ccc(Cl)cc2)C2=[N+]1CCCCC2.[Br-]. The van der Waals surface area contributed by atoms with E-state index in [9.17, 15) is 5.11 Å². The Hall–Kier alpha value is -0.880. The standard InChI is InChI=1S/C20H21BrClN2O.BrH/c21-16-7-5-15(6-8-16)20(25)14-23(18-11-9-17(22)10-12-18)19-4-2-1-3-13-24(19)20;/h5-12,25H,1-4,13-14H2;1H/q+1;/p-1. The van der Waals surface area contributed by atoms with Crippen molar-refractivity contribution >= 4 is 39.1 Å². The third-order valence-corrected chi connectivity index (χ3v) is 5.96. The second-order valence-corrected chi connectivity index (χ2v) is 8.12. The first kappa shape index (κ1) is 19.9. The molecule has 1 atom stereocenters. The van der Waals surface area contributed by atoms with Crippen LogP contribution in [-0.4, -0.2) is 28.6 Å². The van der Waals surface area contributed by atoms with Gasteiger partial charge in [0.25, 0.3) is 11.6 Å². The lowest BCUT2D eigenvalue weighted by Gasteiger charge is -2.23. The summed E-state index contributed by atoms with van der Waals surface area (Å²) in [6.07, 6.45) is 4.45. The maximum atomic E-state index is 11.7. The Morgan fingerprint density at radius 2 is 1.69 bits per heavy atom. The summed E-state index contributed by atoms with van der Waals surface area (Å²) in [5.41, 5.74) is 1.02. The maximum absolute atomic E-state index is 11.7. The van der Waals surface area contributed by atoms with Gasteiger partial charge >= 0.3 is 0 Å². The Bertz CT molecular complexity index is 808. The molecule has 4 rings (SSSR count). The third-order valence-electron chi connectivity index (χ3n) is 5.18. The highest BCUT2D eigenvalue weighted by atomic mass is 79.9. The molecule has 2 aromatic rings. The molecule has 3 nitrogen and oxygen atoms in total. The molecule has 0 amide bonds. The number of rotatable bonds is 2. The fourth-order valence-electron chi connectivity index (χ4n) is 3.90. The molecular weight excluding hydrogens is 479 g/mol. The smallest absolute Gasteiger partial charge is 0.271 e. The number of halogens is 3. The van der Waals surface area contributed by atoms with Crippen molar-refractivity contribution in [2.24, 2.45) is 0 Å². The van der Waals surface area contributed by atoms with Crippen molar-refractivity contribution in [3.05, 3.63) is 63.6 Å². The summed E-state index contributed by atoms with van der Waals surface area (Å²) in [6.45, 7) is 1.41.